The molecule has 0 aliphatic carbocycles. The largest absolute Gasteiger partial charge is 0.485 e. The number of hydrogen-bond donors (Lipinski definition) is 2. The van der Waals surface area contributed by atoms with E-state index in [-0.39, 0.29) is 13.2 Å². The van der Waals surface area contributed by atoms with E-state index in [9.17, 15) is 14.7 Å². The summed E-state index contributed by atoms with van der Waals surface area (Å²) < 4.78 is 15.2. The van der Waals surface area contributed by atoms with Gasteiger partial charge in [-0.25, -0.2) is 4.79 Å². The van der Waals surface area contributed by atoms with Gasteiger partial charge in [0.2, 0.25) is 6.10 Å². The lowest BCUT2D eigenvalue weighted by atomic mass is 10.2. The van der Waals surface area contributed by atoms with Crippen LogP contribution in [0, 0.1) is 0 Å². The molecule has 0 aromatic heterocycles. The normalized spacial score (nSPS) is 18.0. The van der Waals surface area contributed by atoms with Crippen molar-refractivity contribution in [2.45, 2.75) is 12.2 Å². The molecule has 7 heteroatoms. The van der Waals surface area contributed by atoms with Crippen molar-refractivity contribution in [3.8, 4) is 11.5 Å². The van der Waals surface area contributed by atoms with Gasteiger partial charge in [-0.3, -0.25) is 4.79 Å². The van der Waals surface area contributed by atoms with Crippen molar-refractivity contribution < 1.29 is 28.9 Å². The van der Waals surface area contributed by atoms with Gasteiger partial charge < -0.3 is 24.6 Å². The second kappa shape index (κ2) is 6.25. The van der Waals surface area contributed by atoms with Crippen LogP contribution in [0.1, 0.15) is 0 Å². The summed E-state index contributed by atoms with van der Waals surface area (Å²) >= 11 is 0. The molecule has 20 heavy (non-hydrogen) atoms. The van der Waals surface area contributed by atoms with Crippen LogP contribution in [-0.4, -0.2) is 49.5 Å². The summed E-state index contributed by atoms with van der Waals surface area (Å²) in [5.41, 5.74) is 0. The zero-order valence-corrected chi connectivity index (χ0v) is 10.9. The minimum atomic E-state index is -1.40. The van der Waals surface area contributed by atoms with Crippen LogP contribution < -0.4 is 14.8 Å². The van der Waals surface area contributed by atoms with E-state index in [1.54, 1.807) is 24.3 Å². The summed E-state index contributed by atoms with van der Waals surface area (Å²) in [6.07, 6.45) is -2.23. The van der Waals surface area contributed by atoms with E-state index < -0.39 is 24.1 Å². The maximum Gasteiger partial charge on any atom is 0.336 e. The number of para-hydroxylation sites is 2. The Morgan fingerprint density at radius 2 is 2.15 bits per heavy atom. The van der Waals surface area contributed by atoms with E-state index in [0.29, 0.717) is 11.5 Å². The zero-order chi connectivity index (χ0) is 14.5. The van der Waals surface area contributed by atoms with Gasteiger partial charge in [0.15, 0.2) is 17.6 Å². The van der Waals surface area contributed by atoms with Crippen LogP contribution in [0.3, 0.4) is 0 Å². The molecule has 0 bridgehead atoms. The molecule has 0 radical (unpaired) electrons. The maximum atomic E-state index is 11.8. The van der Waals surface area contributed by atoms with E-state index >= 15 is 0 Å². The summed E-state index contributed by atoms with van der Waals surface area (Å²) in [6.45, 7) is -0.176. The van der Waals surface area contributed by atoms with Crippen molar-refractivity contribution >= 4 is 11.9 Å². The average molecular weight is 281 g/mol. The number of hydrogen-bond acceptors (Lipinski definition) is 6. The van der Waals surface area contributed by atoms with Gasteiger partial charge in [0.05, 0.1) is 13.7 Å². The van der Waals surface area contributed by atoms with Crippen LogP contribution in [-0.2, 0) is 14.3 Å². The molecule has 0 saturated heterocycles. The highest BCUT2D eigenvalue weighted by Crippen LogP contribution is 2.30. The fourth-order valence-corrected chi connectivity index (χ4v) is 1.68. The highest BCUT2D eigenvalue weighted by Gasteiger charge is 2.28. The molecule has 2 atom stereocenters. The second-order valence-electron chi connectivity index (χ2n) is 4.15. The Kier molecular flexibility index (Phi) is 4.41. The van der Waals surface area contributed by atoms with Gasteiger partial charge in [-0.15, -0.1) is 0 Å². The molecule has 1 aromatic carbocycles. The summed E-state index contributed by atoms with van der Waals surface area (Å²) in [5.74, 6) is -0.225. The first-order valence-corrected chi connectivity index (χ1v) is 6.04. The number of fused-ring (bicyclic) bond motifs is 1. The molecule has 2 unspecified atom stereocenters. The van der Waals surface area contributed by atoms with Crippen molar-refractivity contribution in [1.29, 1.82) is 0 Å². The first-order chi connectivity index (χ1) is 9.61. The number of aliphatic hydroxyl groups is 1. The SMILES string of the molecule is COC(=O)C(O)CNC(=O)C1COc2ccccc2O1. The lowest BCUT2D eigenvalue weighted by molar-refractivity contribution is -0.150. The molecule has 0 saturated carbocycles. The Bertz CT molecular complexity index is 503. The number of benzene rings is 1. The van der Waals surface area contributed by atoms with Gasteiger partial charge >= 0.3 is 5.97 Å². The molecule has 108 valence electrons. The molecular formula is C13H15NO6. The number of esters is 1. The molecule has 1 amide bonds. The van der Waals surface area contributed by atoms with Crippen molar-refractivity contribution in [2.75, 3.05) is 20.3 Å². The maximum absolute atomic E-state index is 11.8. The third-order valence-corrected chi connectivity index (χ3v) is 2.74. The highest BCUT2D eigenvalue weighted by molar-refractivity contribution is 5.83. The van der Waals surface area contributed by atoms with Crippen LogP contribution in [0.15, 0.2) is 24.3 Å². The molecular weight excluding hydrogens is 266 g/mol. The first kappa shape index (κ1) is 14.1. The molecule has 0 spiro atoms. The van der Waals surface area contributed by atoms with Gasteiger partial charge in [0, 0.05) is 0 Å². The van der Waals surface area contributed by atoms with Gasteiger partial charge in [-0.05, 0) is 12.1 Å². The molecule has 2 rings (SSSR count). The summed E-state index contributed by atoms with van der Waals surface area (Å²) in [7, 11) is 1.16. The lowest BCUT2D eigenvalue weighted by Gasteiger charge is -2.25. The fraction of sp³-hybridized carbons (Fsp3) is 0.385. The number of ether oxygens (including phenoxy) is 3. The van der Waals surface area contributed by atoms with E-state index in [0.717, 1.165) is 7.11 Å². The number of methoxy groups -OCH3 is 1. The van der Waals surface area contributed by atoms with Crippen LogP contribution in [0.25, 0.3) is 0 Å². The fourth-order valence-electron chi connectivity index (χ4n) is 1.68. The third kappa shape index (κ3) is 3.18. The van der Waals surface area contributed by atoms with E-state index in [1.165, 1.54) is 0 Å². The van der Waals surface area contributed by atoms with Crippen molar-refractivity contribution in [1.82, 2.24) is 5.32 Å². The predicted octanol–water partition coefficient (Wildman–Crippen LogP) is -0.524. The van der Waals surface area contributed by atoms with Crippen LogP contribution in [0.4, 0.5) is 0 Å². The van der Waals surface area contributed by atoms with Crippen molar-refractivity contribution in [3.63, 3.8) is 0 Å². The third-order valence-electron chi connectivity index (χ3n) is 2.74. The Morgan fingerprint density at radius 1 is 1.45 bits per heavy atom. The van der Waals surface area contributed by atoms with E-state index in [1.807, 2.05) is 0 Å². The Hall–Kier alpha value is -2.28. The summed E-state index contributed by atoms with van der Waals surface area (Å²) in [5, 5.41) is 11.8. The van der Waals surface area contributed by atoms with Crippen molar-refractivity contribution in [2.24, 2.45) is 0 Å². The standard InChI is InChI=1S/C13H15NO6/c1-18-13(17)8(15)6-14-12(16)11-7-19-9-4-2-3-5-10(9)20-11/h2-5,8,11,15H,6-7H2,1H3,(H,14,16). The monoisotopic (exact) mass is 281 g/mol. The Labute approximate surface area is 115 Å². The first-order valence-electron chi connectivity index (χ1n) is 6.04. The smallest absolute Gasteiger partial charge is 0.336 e. The van der Waals surface area contributed by atoms with Crippen LogP contribution in [0.2, 0.25) is 0 Å². The highest BCUT2D eigenvalue weighted by atomic mass is 16.6. The van der Waals surface area contributed by atoms with E-state index in [4.69, 9.17) is 9.47 Å². The molecule has 1 aromatic rings. The molecule has 2 N–H and O–H groups in total. The Morgan fingerprint density at radius 3 is 2.85 bits per heavy atom. The number of aliphatic hydroxyl groups excluding tert-OH is 1. The average Bonchev–Trinajstić information content (AvgIpc) is 2.50. The second-order valence-corrected chi connectivity index (χ2v) is 4.15. The van der Waals surface area contributed by atoms with Gasteiger partial charge in [0.25, 0.3) is 5.91 Å². The van der Waals surface area contributed by atoms with E-state index in [2.05, 4.69) is 10.1 Å². The number of rotatable bonds is 4. The number of carbonyl (C=O) groups excluding carboxylic acids is 2. The number of amides is 1. The van der Waals surface area contributed by atoms with Gasteiger partial charge in [-0.2, -0.15) is 0 Å². The quantitative estimate of drug-likeness (QED) is 0.721. The number of nitrogens with one attached hydrogen (secondary N) is 1. The summed E-state index contributed by atoms with van der Waals surface area (Å²) in [6, 6.07) is 7.00. The molecule has 1 heterocycles. The minimum absolute atomic E-state index is 0.0666. The minimum Gasteiger partial charge on any atom is -0.485 e. The molecule has 1 aliphatic heterocycles. The summed E-state index contributed by atoms with van der Waals surface area (Å²) in [4.78, 5) is 22.8. The zero-order valence-electron chi connectivity index (χ0n) is 10.9. The lowest BCUT2D eigenvalue weighted by Crippen LogP contribution is -2.47. The molecule has 7 nitrogen and oxygen atoms in total. The Balaban J connectivity index is 1.87. The predicted molar refractivity (Wildman–Crippen MR) is 67.4 cm³/mol. The topological polar surface area (TPSA) is 94.1 Å². The van der Waals surface area contributed by atoms with Crippen LogP contribution >= 0.6 is 0 Å². The van der Waals surface area contributed by atoms with Crippen molar-refractivity contribution in [3.05, 3.63) is 24.3 Å². The molecule has 0 fully saturated rings. The van der Waals surface area contributed by atoms with Gasteiger partial charge in [-0.1, -0.05) is 12.1 Å². The van der Waals surface area contributed by atoms with Crippen LogP contribution in [0.5, 0.6) is 11.5 Å². The molecule has 1 aliphatic rings. The number of carbonyl (C=O) groups is 2. The van der Waals surface area contributed by atoms with Gasteiger partial charge in [0.1, 0.15) is 6.61 Å².